The Morgan fingerprint density at radius 2 is 1.27 bits per heavy atom. The van der Waals surface area contributed by atoms with Gasteiger partial charge in [0.1, 0.15) is 5.75 Å². The molecule has 0 saturated carbocycles. The van der Waals surface area contributed by atoms with E-state index in [-0.39, 0.29) is 0 Å². The van der Waals surface area contributed by atoms with Crippen molar-refractivity contribution in [3.8, 4) is 5.75 Å². The largest absolute Gasteiger partial charge is 0.437 e. The van der Waals surface area contributed by atoms with Gasteiger partial charge in [0.15, 0.2) is 0 Å². The Morgan fingerprint density at radius 1 is 0.727 bits per heavy atom. The molecule has 0 saturated heterocycles. The maximum absolute atomic E-state index is 13.7. The molecule has 0 N–H and O–H groups in total. The highest BCUT2D eigenvalue weighted by molar-refractivity contribution is 7.74. The van der Waals surface area contributed by atoms with Crippen molar-refractivity contribution < 1.29 is 9.09 Å². The molecule has 0 aliphatic rings. The molecule has 3 aromatic carbocycles. The van der Waals surface area contributed by atoms with Crippen molar-refractivity contribution in [1.82, 2.24) is 0 Å². The average molecular weight is 308 g/mol. The summed E-state index contributed by atoms with van der Waals surface area (Å²) >= 11 is 0. The third-order valence-electron chi connectivity index (χ3n) is 3.42. The lowest BCUT2D eigenvalue weighted by Crippen LogP contribution is -2.20. The number of aryl methyl sites for hydroxylation is 1. The second kappa shape index (κ2) is 6.21. The highest BCUT2D eigenvalue weighted by Crippen LogP contribution is 2.45. The third kappa shape index (κ3) is 2.98. The third-order valence-corrected chi connectivity index (χ3v) is 5.84. The van der Waals surface area contributed by atoms with Crippen LogP contribution in [0.3, 0.4) is 0 Å². The SMILES string of the molecule is Cc1cccc(OP(=O)(c2ccccc2)c2ccccc2)c1. The van der Waals surface area contributed by atoms with Crippen molar-refractivity contribution in [3.63, 3.8) is 0 Å². The minimum Gasteiger partial charge on any atom is -0.437 e. The molecule has 0 bridgehead atoms. The molecule has 3 rings (SSSR count). The van der Waals surface area contributed by atoms with E-state index in [2.05, 4.69) is 0 Å². The van der Waals surface area contributed by atoms with Crippen LogP contribution in [0.25, 0.3) is 0 Å². The van der Waals surface area contributed by atoms with Gasteiger partial charge in [-0.2, -0.15) is 0 Å². The van der Waals surface area contributed by atoms with Gasteiger partial charge >= 0.3 is 7.37 Å². The first-order valence-corrected chi connectivity index (χ1v) is 8.78. The van der Waals surface area contributed by atoms with Crippen LogP contribution in [0.15, 0.2) is 84.9 Å². The molecule has 0 aliphatic heterocycles. The van der Waals surface area contributed by atoms with Crippen LogP contribution in [0.2, 0.25) is 0 Å². The maximum Gasteiger partial charge on any atom is 0.306 e. The van der Waals surface area contributed by atoms with Crippen molar-refractivity contribution in [2.45, 2.75) is 6.92 Å². The Labute approximate surface area is 130 Å². The van der Waals surface area contributed by atoms with Gasteiger partial charge in [-0.05, 0) is 48.9 Å². The van der Waals surface area contributed by atoms with Crippen LogP contribution in [0.1, 0.15) is 5.56 Å². The fraction of sp³-hybridized carbons (Fsp3) is 0.0526. The molecule has 0 fully saturated rings. The zero-order chi connectivity index (χ0) is 15.4. The predicted molar refractivity (Wildman–Crippen MR) is 91.6 cm³/mol. The van der Waals surface area contributed by atoms with Gasteiger partial charge in [-0.15, -0.1) is 0 Å². The van der Waals surface area contributed by atoms with Gasteiger partial charge in [0, 0.05) is 0 Å². The van der Waals surface area contributed by atoms with E-state index >= 15 is 0 Å². The second-order valence-electron chi connectivity index (χ2n) is 5.13. The number of hydrogen-bond acceptors (Lipinski definition) is 2. The molecule has 2 nitrogen and oxygen atoms in total. The van der Waals surface area contributed by atoms with Crippen LogP contribution in [0.4, 0.5) is 0 Å². The molecule has 0 amide bonds. The van der Waals surface area contributed by atoms with Gasteiger partial charge in [-0.1, -0.05) is 48.5 Å². The van der Waals surface area contributed by atoms with Crippen molar-refractivity contribution >= 4 is 18.0 Å². The zero-order valence-electron chi connectivity index (χ0n) is 12.3. The van der Waals surface area contributed by atoms with Crippen LogP contribution in [-0.4, -0.2) is 0 Å². The standard InChI is InChI=1S/C19H17O2P/c1-16-9-8-10-17(15-16)21-22(20,18-11-4-2-5-12-18)19-13-6-3-7-14-19/h2-15H,1H3. The molecule has 0 atom stereocenters. The quantitative estimate of drug-likeness (QED) is 0.672. The highest BCUT2D eigenvalue weighted by atomic mass is 31.2. The van der Waals surface area contributed by atoms with Gasteiger partial charge in [-0.25, -0.2) is 0 Å². The van der Waals surface area contributed by atoms with Gasteiger partial charge in [0.2, 0.25) is 0 Å². The van der Waals surface area contributed by atoms with E-state index in [0.29, 0.717) is 16.4 Å². The topological polar surface area (TPSA) is 26.3 Å². The van der Waals surface area contributed by atoms with Crippen LogP contribution in [0, 0.1) is 6.92 Å². The molecule has 22 heavy (non-hydrogen) atoms. The monoisotopic (exact) mass is 308 g/mol. The molecule has 0 radical (unpaired) electrons. The lowest BCUT2D eigenvalue weighted by Gasteiger charge is -2.20. The fourth-order valence-corrected chi connectivity index (χ4v) is 4.37. The first-order chi connectivity index (χ1) is 10.7. The van der Waals surface area contributed by atoms with Gasteiger partial charge in [0.05, 0.1) is 10.6 Å². The summed E-state index contributed by atoms with van der Waals surface area (Å²) in [5.41, 5.74) is 1.07. The van der Waals surface area contributed by atoms with Crippen LogP contribution in [-0.2, 0) is 4.57 Å². The summed E-state index contributed by atoms with van der Waals surface area (Å²) in [4.78, 5) is 0. The molecular weight excluding hydrogens is 291 g/mol. The summed E-state index contributed by atoms with van der Waals surface area (Å²) < 4.78 is 19.7. The second-order valence-corrected chi connectivity index (χ2v) is 7.45. The minimum absolute atomic E-state index is 0.621. The van der Waals surface area contributed by atoms with E-state index in [9.17, 15) is 4.57 Å². The van der Waals surface area contributed by atoms with E-state index in [0.717, 1.165) is 5.56 Å². The summed E-state index contributed by atoms with van der Waals surface area (Å²) in [6, 6.07) is 26.4. The van der Waals surface area contributed by atoms with E-state index in [1.54, 1.807) is 0 Å². The summed E-state index contributed by atoms with van der Waals surface area (Å²) in [6.07, 6.45) is 0. The fourth-order valence-electron chi connectivity index (χ4n) is 2.32. The highest BCUT2D eigenvalue weighted by Gasteiger charge is 2.29. The van der Waals surface area contributed by atoms with Crippen LogP contribution in [0.5, 0.6) is 5.75 Å². The summed E-state index contributed by atoms with van der Waals surface area (Å²) in [5.74, 6) is 0.621. The molecule has 0 spiro atoms. The number of benzene rings is 3. The molecule has 3 aromatic rings. The first-order valence-electron chi connectivity index (χ1n) is 7.16. The molecular formula is C19H17O2P. The first kappa shape index (κ1) is 14.6. The van der Waals surface area contributed by atoms with Crippen molar-refractivity contribution in [2.24, 2.45) is 0 Å². The summed E-state index contributed by atoms with van der Waals surface area (Å²) in [7, 11) is -3.17. The van der Waals surface area contributed by atoms with E-state index < -0.39 is 7.37 Å². The maximum atomic E-state index is 13.7. The lowest BCUT2D eigenvalue weighted by atomic mass is 10.2. The smallest absolute Gasteiger partial charge is 0.306 e. The van der Waals surface area contributed by atoms with Crippen LogP contribution < -0.4 is 15.1 Å². The van der Waals surface area contributed by atoms with Crippen molar-refractivity contribution in [3.05, 3.63) is 90.5 Å². The number of hydrogen-bond donors (Lipinski definition) is 0. The van der Waals surface area contributed by atoms with E-state index in [4.69, 9.17) is 4.52 Å². The summed E-state index contributed by atoms with van der Waals surface area (Å²) in [5, 5.41) is 1.39. The summed E-state index contributed by atoms with van der Waals surface area (Å²) in [6.45, 7) is 1.99. The van der Waals surface area contributed by atoms with Crippen molar-refractivity contribution in [1.29, 1.82) is 0 Å². The van der Waals surface area contributed by atoms with Gasteiger partial charge < -0.3 is 4.52 Å². The van der Waals surface area contributed by atoms with Crippen molar-refractivity contribution in [2.75, 3.05) is 0 Å². The average Bonchev–Trinajstić information content (AvgIpc) is 2.56. The normalized spacial score (nSPS) is 11.1. The van der Waals surface area contributed by atoms with E-state index in [1.165, 1.54) is 0 Å². The lowest BCUT2D eigenvalue weighted by molar-refractivity contribution is 0.502. The Hall–Kier alpha value is -2.31. The minimum atomic E-state index is -3.17. The Bertz CT molecular complexity index is 754. The van der Waals surface area contributed by atoms with Gasteiger partial charge in [-0.3, -0.25) is 4.57 Å². The molecule has 0 heterocycles. The molecule has 0 aliphatic carbocycles. The Kier molecular flexibility index (Phi) is 4.13. The Morgan fingerprint density at radius 3 is 1.77 bits per heavy atom. The molecule has 0 unspecified atom stereocenters. The zero-order valence-corrected chi connectivity index (χ0v) is 13.2. The Balaban J connectivity index is 2.10. The molecule has 110 valence electrons. The van der Waals surface area contributed by atoms with E-state index in [1.807, 2.05) is 91.9 Å². The van der Waals surface area contributed by atoms with Gasteiger partial charge in [0.25, 0.3) is 0 Å². The molecule has 3 heteroatoms. The predicted octanol–water partition coefficient (Wildman–Crippen LogP) is 4.30. The number of rotatable bonds is 4. The van der Waals surface area contributed by atoms with Crippen LogP contribution >= 0.6 is 7.37 Å². The molecule has 0 aromatic heterocycles.